The van der Waals surface area contributed by atoms with Gasteiger partial charge in [-0.15, -0.1) is 0 Å². The normalized spacial score (nSPS) is 21.9. The number of benzene rings is 1. The van der Waals surface area contributed by atoms with E-state index >= 15 is 0 Å². The number of hydrogen-bond donors (Lipinski definition) is 1. The van der Waals surface area contributed by atoms with Crippen molar-refractivity contribution >= 4 is 5.97 Å². The first-order valence-corrected chi connectivity index (χ1v) is 5.88. The molecule has 1 atom stereocenters. The molecule has 2 rings (SSSR count). The van der Waals surface area contributed by atoms with Gasteiger partial charge in [-0.3, -0.25) is 4.79 Å². The molecular weight excluding hydrogens is 219 g/mol. The molecule has 0 saturated heterocycles. The standard InChI is InChI=1S/C14H17FO2/c1-14(2)7-9(6-13(16)17)10-4-3-5-12(15)11(10)8-14/h3-5,9H,6-8H2,1-2H3,(H,16,17). The summed E-state index contributed by atoms with van der Waals surface area (Å²) in [5.74, 6) is -1.09. The first-order valence-electron chi connectivity index (χ1n) is 5.88. The van der Waals surface area contributed by atoms with Crippen LogP contribution >= 0.6 is 0 Å². The van der Waals surface area contributed by atoms with E-state index in [1.807, 2.05) is 6.07 Å². The second-order valence-corrected chi connectivity index (χ2v) is 5.65. The van der Waals surface area contributed by atoms with Crippen LogP contribution in [0, 0.1) is 11.2 Å². The number of aliphatic carboxylic acids is 1. The van der Waals surface area contributed by atoms with Crippen molar-refractivity contribution in [2.24, 2.45) is 5.41 Å². The van der Waals surface area contributed by atoms with Gasteiger partial charge in [0, 0.05) is 0 Å². The summed E-state index contributed by atoms with van der Waals surface area (Å²) in [7, 11) is 0. The van der Waals surface area contributed by atoms with E-state index in [0.29, 0.717) is 12.0 Å². The molecule has 0 heterocycles. The van der Waals surface area contributed by atoms with Crippen LogP contribution in [0.15, 0.2) is 18.2 Å². The maximum atomic E-state index is 13.8. The number of hydrogen-bond acceptors (Lipinski definition) is 1. The molecular formula is C14H17FO2. The summed E-state index contributed by atoms with van der Waals surface area (Å²) < 4.78 is 13.8. The zero-order valence-corrected chi connectivity index (χ0v) is 10.2. The Kier molecular flexibility index (Phi) is 2.94. The Morgan fingerprint density at radius 1 is 1.53 bits per heavy atom. The van der Waals surface area contributed by atoms with Gasteiger partial charge in [-0.05, 0) is 41.4 Å². The van der Waals surface area contributed by atoms with Crippen LogP contribution in [0.2, 0.25) is 0 Å². The summed E-state index contributed by atoms with van der Waals surface area (Å²) in [5.41, 5.74) is 1.55. The van der Waals surface area contributed by atoms with Crippen LogP contribution in [0.25, 0.3) is 0 Å². The molecule has 1 aliphatic carbocycles. The minimum atomic E-state index is -0.817. The molecule has 2 nitrogen and oxygen atoms in total. The van der Waals surface area contributed by atoms with E-state index in [1.54, 1.807) is 6.07 Å². The Labute approximate surface area is 100 Å². The lowest BCUT2D eigenvalue weighted by atomic mass is 9.68. The Balaban J connectivity index is 2.43. The lowest BCUT2D eigenvalue weighted by Gasteiger charge is -2.36. The van der Waals surface area contributed by atoms with Crippen LogP contribution in [0.4, 0.5) is 4.39 Å². The van der Waals surface area contributed by atoms with E-state index in [-0.39, 0.29) is 23.6 Å². The SMILES string of the molecule is CC1(C)Cc2c(F)cccc2C(CC(=O)O)C1. The molecule has 92 valence electrons. The van der Waals surface area contributed by atoms with Crippen molar-refractivity contribution in [1.29, 1.82) is 0 Å². The topological polar surface area (TPSA) is 37.3 Å². The highest BCUT2D eigenvalue weighted by molar-refractivity contribution is 5.68. The Bertz CT molecular complexity index is 452. The van der Waals surface area contributed by atoms with Crippen LogP contribution in [0.5, 0.6) is 0 Å². The molecule has 3 heteroatoms. The molecule has 0 aliphatic heterocycles. The maximum absolute atomic E-state index is 13.8. The monoisotopic (exact) mass is 236 g/mol. The summed E-state index contributed by atoms with van der Waals surface area (Å²) in [6.45, 7) is 4.13. The van der Waals surface area contributed by atoms with Crippen LogP contribution in [0.1, 0.15) is 43.7 Å². The molecule has 1 N–H and O–H groups in total. The predicted octanol–water partition coefficient (Wildman–Crippen LogP) is 3.36. The van der Waals surface area contributed by atoms with Crippen LogP contribution in [0.3, 0.4) is 0 Å². The predicted molar refractivity (Wildman–Crippen MR) is 63.5 cm³/mol. The summed E-state index contributed by atoms with van der Waals surface area (Å²) >= 11 is 0. The lowest BCUT2D eigenvalue weighted by molar-refractivity contribution is -0.137. The Morgan fingerprint density at radius 3 is 2.88 bits per heavy atom. The summed E-state index contributed by atoms with van der Waals surface area (Å²) in [6, 6.07) is 4.99. The summed E-state index contributed by atoms with van der Waals surface area (Å²) in [5, 5.41) is 8.94. The fourth-order valence-electron chi connectivity index (χ4n) is 2.86. The van der Waals surface area contributed by atoms with Crippen molar-refractivity contribution in [3.63, 3.8) is 0 Å². The molecule has 1 unspecified atom stereocenters. The molecule has 0 saturated carbocycles. The number of rotatable bonds is 2. The highest BCUT2D eigenvalue weighted by Crippen LogP contribution is 2.44. The van der Waals surface area contributed by atoms with E-state index in [9.17, 15) is 9.18 Å². The summed E-state index contributed by atoms with van der Waals surface area (Å²) in [4.78, 5) is 10.9. The zero-order valence-electron chi connectivity index (χ0n) is 10.2. The highest BCUT2D eigenvalue weighted by Gasteiger charge is 2.34. The Hall–Kier alpha value is -1.38. The van der Waals surface area contributed by atoms with E-state index in [1.165, 1.54) is 6.07 Å². The van der Waals surface area contributed by atoms with Gasteiger partial charge in [-0.25, -0.2) is 4.39 Å². The third kappa shape index (κ3) is 2.48. The first kappa shape index (κ1) is 12.1. The largest absolute Gasteiger partial charge is 0.481 e. The number of carbonyl (C=O) groups is 1. The van der Waals surface area contributed by atoms with Gasteiger partial charge in [0.15, 0.2) is 0 Å². The van der Waals surface area contributed by atoms with Crippen LogP contribution in [-0.4, -0.2) is 11.1 Å². The molecule has 0 amide bonds. The highest BCUT2D eigenvalue weighted by atomic mass is 19.1. The maximum Gasteiger partial charge on any atom is 0.303 e. The summed E-state index contributed by atoms with van der Waals surface area (Å²) in [6.07, 6.45) is 1.57. The number of fused-ring (bicyclic) bond motifs is 1. The van der Waals surface area contributed by atoms with Crippen molar-refractivity contribution < 1.29 is 14.3 Å². The average molecular weight is 236 g/mol. The lowest BCUT2D eigenvalue weighted by Crippen LogP contribution is -2.27. The zero-order chi connectivity index (χ0) is 12.6. The van der Waals surface area contributed by atoms with Crippen molar-refractivity contribution in [3.05, 3.63) is 35.1 Å². The molecule has 1 aromatic carbocycles. The second kappa shape index (κ2) is 4.13. The molecule has 1 aliphatic rings. The van der Waals surface area contributed by atoms with Crippen LogP contribution < -0.4 is 0 Å². The van der Waals surface area contributed by atoms with E-state index < -0.39 is 5.97 Å². The third-order valence-corrected chi connectivity index (χ3v) is 3.47. The van der Waals surface area contributed by atoms with Crippen molar-refractivity contribution in [1.82, 2.24) is 0 Å². The quantitative estimate of drug-likeness (QED) is 0.855. The van der Waals surface area contributed by atoms with Crippen LogP contribution in [-0.2, 0) is 11.2 Å². The van der Waals surface area contributed by atoms with Gasteiger partial charge in [0.05, 0.1) is 6.42 Å². The van der Waals surface area contributed by atoms with E-state index in [2.05, 4.69) is 13.8 Å². The molecule has 0 spiro atoms. The Morgan fingerprint density at radius 2 is 2.24 bits per heavy atom. The third-order valence-electron chi connectivity index (χ3n) is 3.47. The van der Waals surface area contributed by atoms with Crippen molar-refractivity contribution in [2.75, 3.05) is 0 Å². The van der Waals surface area contributed by atoms with Gasteiger partial charge in [0.1, 0.15) is 5.82 Å². The molecule has 0 bridgehead atoms. The van der Waals surface area contributed by atoms with E-state index in [4.69, 9.17) is 5.11 Å². The number of halogens is 1. The fraction of sp³-hybridized carbons (Fsp3) is 0.500. The van der Waals surface area contributed by atoms with Crippen molar-refractivity contribution in [3.8, 4) is 0 Å². The smallest absolute Gasteiger partial charge is 0.303 e. The minimum Gasteiger partial charge on any atom is -0.481 e. The molecule has 17 heavy (non-hydrogen) atoms. The van der Waals surface area contributed by atoms with Gasteiger partial charge in [0.2, 0.25) is 0 Å². The van der Waals surface area contributed by atoms with Gasteiger partial charge < -0.3 is 5.11 Å². The number of carboxylic acids is 1. The average Bonchev–Trinajstić information content (AvgIpc) is 2.17. The number of carboxylic acid groups (broad SMARTS) is 1. The first-order chi connectivity index (χ1) is 7.89. The minimum absolute atomic E-state index is 0.0324. The molecule has 0 radical (unpaired) electrons. The van der Waals surface area contributed by atoms with Gasteiger partial charge in [0.25, 0.3) is 0 Å². The van der Waals surface area contributed by atoms with Crippen molar-refractivity contribution in [2.45, 2.75) is 39.0 Å². The van der Waals surface area contributed by atoms with E-state index in [0.717, 1.165) is 12.0 Å². The van der Waals surface area contributed by atoms with Gasteiger partial charge >= 0.3 is 5.97 Å². The fourth-order valence-corrected chi connectivity index (χ4v) is 2.86. The molecule has 0 fully saturated rings. The second-order valence-electron chi connectivity index (χ2n) is 5.65. The van der Waals surface area contributed by atoms with Gasteiger partial charge in [-0.1, -0.05) is 26.0 Å². The van der Waals surface area contributed by atoms with Gasteiger partial charge in [-0.2, -0.15) is 0 Å². The molecule has 1 aromatic rings. The molecule has 0 aromatic heterocycles.